The molecule has 2 fully saturated rings. The first-order valence-electron chi connectivity index (χ1n) is 9.83. The molecule has 2 aliphatic rings. The van der Waals surface area contributed by atoms with Gasteiger partial charge in [0, 0.05) is 32.0 Å². The van der Waals surface area contributed by atoms with Crippen molar-refractivity contribution in [2.75, 3.05) is 14.2 Å². The van der Waals surface area contributed by atoms with Crippen molar-refractivity contribution in [1.29, 1.82) is 0 Å². The van der Waals surface area contributed by atoms with Crippen LogP contribution < -0.4 is 0 Å². The summed E-state index contributed by atoms with van der Waals surface area (Å²) in [7, 11) is 3.85. The van der Waals surface area contributed by atoms with Crippen LogP contribution in [0.5, 0.6) is 0 Å². The lowest BCUT2D eigenvalue weighted by atomic mass is 9.86. The van der Waals surface area contributed by atoms with E-state index in [-0.39, 0.29) is 18.2 Å². The fourth-order valence-electron chi connectivity index (χ4n) is 4.72. The van der Waals surface area contributed by atoms with E-state index in [4.69, 9.17) is 9.47 Å². The maximum atomic E-state index is 13.3. The van der Waals surface area contributed by atoms with Crippen molar-refractivity contribution >= 4 is 5.97 Å². The number of carbonyl (C=O) groups is 1. The van der Waals surface area contributed by atoms with Crippen LogP contribution in [-0.4, -0.2) is 54.4 Å². The predicted molar refractivity (Wildman–Crippen MR) is 106 cm³/mol. The number of methoxy groups -OCH3 is 1. The number of esters is 1. The van der Waals surface area contributed by atoms with E-state index in [9.17, 15) is 9.90 Å². The second-order valence-corrected chi connectivity index (χ2v) is 7.84. The lowest BCUT2D eigenvalue weighted by Crippen LogP contribution is -2.48. The van der Waals surface area contributed by atoms with Gasteiger partial charge in [0.25, 0.3) is 0 Å². The van der Waals surface area contributed by atoms with Crippen LogP contribution >= 0.6 is 0 Å². The number of piperidine rings is 1. The van der Waals surface area contributed by atoms with Crippen molar-refractivity contribution in [2.45, 2.75) is 49.2 Å². The third-order valence-electron chi connectivity index (χ3n) is 6.33. The van der Waals surface area contributed by atoms with E-state index in [1.807, 2.05) is 36.4 Å². The summed E-state index contributed by atoms with van der Waals surface area (Å²) in [5, 5.41) is 11.5. The maximum absolute atomic E-state index is 13.3. The minimum atomic E-state index is -1.83. The normalized spacial score (nSPS) is 27.5. The van der Waals surface area contributed by atoms with Gasteiger partial charge in [-0.3, -0.25) is 4.90 Å². The number of nitrogens with zero attached hydrogens (tertiary/aromatic N) is 1. The number of aliphatic hydroxyl groups is 1. The lowest BCUT2D eigenvalue weighted by molar-refractivity contribution is -0.171. The molecular formula is C23H27NO4. The minimum absolute atomic E-state index is 0.167. The molecule has 2 heterocycles. The van der Waals surface area contributed by atoms with Gasteiger partial charge < -0.3 is 14.6 Å². The third kappa shape index (κ3) is 3.24. The number of carbonyl (C=O) groups excluding carboxylic acids is 1. The molecule has 0 aromatic heterocycles. The molecule has 5 heteroatoms. The first-order chi connectivity index (χ1) is 13.5. The van der Waals surface area contributed by atoms with Gasteiger partial charge in [0.05, 0.1) is 6.10 Å². The molecule has 1 N–H and O–H groups in total. The van der Waals surface area contributed by atoms with E-state index in [0.29, 0.717) is 17.2 Å². The Morgan fingerprint density at radius 1 is 1.00 bits per heavy atom. The van der Waals surface area contributed by atoms with Crippen molar-refractivity contribution < 1.29 is 19.4 Å². The Bertz CT molecular complexity index is 770. The van der Waals surface area contributed by atoms with E-state index in [0.717, 1.165) is 19.3 Å². The average Bonchev–Trinajstić information content (AvgIpc) is 2.91. The number of hydrogen-bond donors (Lipinski definition) is 1. The Kier molecular flexibility index (Phi) is 5.23. The van der Waals surface area contributed by atoms with Crippen molar-refractivity contribution in [3.05, 3.63) is 71.8 Å². The van der Waals surface area contributed by atoms with Crippen molar-refractivity contribution in [1.82, 2.24) is 4.90 Å². The number of rotatable bonds is 5. The molecule has 2 aliphatic heterocycles. The van der Waals surface area contributed by atoms with Crippen LogP contribution in [0, 0.1) is 0 Å². The Hall–Kier alpha value is -2.21. The fourth-order valence-corrected chi connectivity index (χ4v) is 4.72. The summed E-state index contributed by atoms with van der Waals surface area (Å²) in [5.74, 6) is -0.618. The number of likely N-dealkylation sites (N-methyl/N-ethyl adjacent to an activating group) is 1. The molecular weight excluding hydrogens is 354 g/mol. The maximum Gasteiger partial charge on any atom is 0.347 e. The molecule has 2 aromatic rings. The highest BCUT2D eigenvalue weighted by Crippen LogP contribution is 2.39. The summed E-state index contributed by atoms with van der Waals surface area (Å²) in [6, 6.07) is 18.6. The third-order valence-corrected chi connectivity index (χ3v) is 6.33. The smallest absolute Gasteiger partial charge is 0.347 e. The van der Waals surface area contributed by atoms with Crippen molar-refractivity contribution in [3.63, 3.8) is 0 Å². The average molecular weight is 381 g/mol. The molecule has 0 saturated carbocycles. The van der Waals surface area contributed by atoms with Crippen LogP contribution in [0.3, 0.4) is 0 Å². The molecule has 2 aromatic carbocycles. The van der Waals surface area contributed by atoms with Gasteiger partial charge >= 0.3 is 5.97 Å². The highest BCUT2D eigenvalue weighted by molar-refractivity contribution is 5.85. The lowest BCUT2D eigenvalue weighted by Gasteiger charge is -2.38. The quantitative estimate of drug-likeness (QED) is 0.807. The summed E-state index contributed by atoms with van der Waals surface area (Å²) in [6.45, 7) is 0. The molecule has 0 radical (unpaired) electrons. The highest BCUT2D eigenvalue weighted by atomic mass is 16.6. The van der Waals surface area contributed by atoms with Crippen LogP contribution in [-0.2, 0) is 19.9 Å². The van der Waals surface area contributed by atoms with Gasteiger partial charge in [-0.25, -0.2) is 4.79 Å². The van der Waals surface area contributed by atoms with E-state index in [1.54, 1.807) is 31.4 Å². The molecule has 0 aliphatic carbocycles. The van der Waals surface area contributed by atoms with E-state index in [2.05, 4.69) is 11.9 Å². The SMILES string of the molecule is CO[C@H]1C[C@H]2C[C@H](OC(=O)C(O)(c3ccccc3)c3ccccc3)C[C@H]1N2C. The summed E-state index contributed by atoms with van der Waals surface area (Å²) >= 11 is 0. The van der Waals surface area contributed by atoms with E-state index < -0.39 is 11.6 Å². The summed E-state index contributed by atoms with van der Waals surface area (Å²) in [6.07, 6.45) is 2.38. The van der Waals surface area contributed by atoms with Gasteiger partial charge in [-0.15, -0.1) is 0 Å². The van der Waals surface area contributed by atoms with Crippen LogP contribution in [0.1, 0.15) is 30.4 Å². The zero-order chi connectivity index (χ0) is 19.7. The minimum Gasteiger partial charge on any atom is -0.460 e. The standard InChI is InChI=1S/C23H27NO4/c1-24-18-13-19(15-20(24)21(14-18)27-2)28-22(25)23(26,16-9-5-3-6-10-16)17-11-7-4-8-12-17/h3-12,18-21,26H,13-15H2,1-2H3/t18-,19+,20-,21+/m1/s1. The second kappa shape index (κ2) is 7.66. The first-order valence-corrected chi connectivity index (χ1v) is 9.83. The van der Waals surface area contributed by atoms with E-state index in [1.165, 1.54) is 0 Å². The molecule has 148 valence electrons. The van der Waals surface area contributed by atoms with Gasteiger partial charge in [0.15, 0.2) is 0 Å². The van der Waals surface area contributed by atoms with Gasteiger partial charge in [-0.2, -0.15) is 0 Å². The Morgan fingerprint density at radius 2 is 1.57 bits per heavy atom. The molecule has 5 nitrogen and oxygen atoms in total. The number of ether oxygens (including phenoxy) is 2. The molecule has 0 amide bonds. The molecule has 2 bridgehead atoms. The number of fused-ring (bicyclic) bond motifs is 2. The fraction of sp³-hybridized carbons (Fsp3) is 0.435. The van der Waals surface area contributed by atoms with Crippen LogP contribution in [0.15, 0.2) is 60.7 Å². The zero-order valence-corrected chi connectivity index (χ0v) is 16.3. The first kappa shape index (κ1) is 19.1. The van der Waals surface area contributed by atoms with Crippen LogP contribution in [0.4, 0.5) is 0 Å². The predicted octanol–water partition coefficient (Wildman–Crippen LogP) is 2.72. The molecule has 2 saturated heterocycles. The number of benzene rings is 2. The largest absolute Gasteiger partial charge is 0.460 e. The van der Waals surface area contributed by atoms with Crippen molar-refractivity contribution in [2.24, 2.45) is 0 Å². The van der Waals surface area contributed by atoms with Gasteiger partial charge in [0.2, 0.25) is 5.60 Å². The zero-order valence-electron chi connectivity index (χ0n) is 16.3. The van der Waals surface area contributed by atoms with Crippen LogP contribution in [0.2, 0.25) is 0 Å². The van der Waals surface area contributed by atoms with Crippen molar-refractivity contribution in [3.8, 4) is 0 Å². The van der Waals surface area contributed by atoms with Gasteiger partial charge in [-0.05, 0) is 24.6 Å². The highest BCUT2D eigenvalue weighted by Gasteiger charge is 2.48. The molecule has 4 atom stereocenters. The molecule has 28 heavy (non-hydrogen) atoms. The molecule has 4 rings (SSSR count). The van der Waals surface area contributed by atoms with Gasteiger partial charge in [-0.1, -0.05) is 60.7 Å². The van der Waals surface area contributed by atoms with E-state index >= 15 is 0 Å². The molecule has 0 spiro atoms. The topological polar surface area (TPSA) is 59.0 Å². The Balaban J connectivity index is 1.59. The Morgan fingerprint density at radius 3 is 2.11 bits per heavy atom. The summed E-state index contributed by atoms with van der Waals surface area (Å²) in [5.41, 5.74) is -0.806. The second-order valence-electron chi connectivity index (χ2n) is 7.84. The Labute approximate surface area is 165 Å². The number of hydrogen-bond acceptors (Lipinski definition) is 5. The monoisotopic (exact) mass is 381 g/mol. The van der Waals surface area contributed by atoms with Gasteiger partial charge in [0.1, 0.15) is 6.10 Å². The summed E-state index contributed by atoms with van der Waals surface area (Å²) in [4.78, 5) is 15.6. The van der Waals surface area contributed by atoms with Crippen LogP contribution in [0.25, 0.3) is 0 Å². The molecule has 0 unspecified atom stereocenters. The summed E-state index contributed by atoms with van der Waals surface area (Å²) < 4.78 is 11.5.